The number of carbonyl (C=O) groups is 1. The number of hydrogen-bond acceptors (Lipinski definition) is 2. The Morgan fingerprint density at radius 3 is 2.18 bits per heavy atom. The van der Waals surface area contributed by atoms with E-state index in [2.05, 4.69) is 0 Å². The van der Waals surface area contributed by atoms with E-state index in [0.717, 1.165) is 0 Å². The molecule has 0 aliphatic carbocycles. The summed E-state index contributed by atoms with van der Waals surface area (Å²) in [7, 11) is 3.03. The van der Waals surface area contributed by atoms with Crippen molar-refractivity contribution < 1.29 is 9.36 Å². The quantitative estimate of drug-likeness (QED) is 0.582. The maximum absolute atomic E-state index is 11.2. The van der Waals surface area contributed by atoms with Crippen LogP contribution in [-0.4, -0.2) is 42.9 Å². The molecule has 1 amide bonds. The molecule has 0 aromatic heterocycles. The number of primary amides is 1. The largest absolute Gasteiger partial charge is 0.369 e. The van der Waals surface area contributed by atoms with Crippen molar-refractivity contribution in [2.24, 2.45) is 5.73 Å². The highest BCUT2D eigenvalue weighted by Crippen LogP contribution is 2.25. The molecule has 0 saturated carbocycles. The molecule has 6 heteroatoms. The molecule has 0 rings (SSSR count). The van der Waals surface area contributed by atoms with Gasteiger partial charge in [0.25, 0.3) is 0 Å². The Bertz CT molecular complexity index is 171. The Labute approximate surface area is 67.0 Å². The van der Waals surface area contributed by atoms with Crippen molar-refractivity contribution in [1.29, 1.82) is 0 Å². The molecule has 0 radical (unpaired) electrons. The number of nitrogens with two attached hydrogens (primary N) is 1. The molecule has 0 aliphatic rings. The van der Waals surface area contributed by atoms with E-state index in [1.165, 1.54) is 4.67 Å². The van der Waals surface area contributed by atoms with Crippen LogP contribution in [0, 0.1) is 0 Å². The van der Waals surface area contributed by atoms with Crippen LogP contribution in [-0.2, 0) is 9.36 Å². The van der Waals surface area contributed by atoms with Gasteiger partial charge in [0.2, 0.25) is 14.0 Å². The van der Waals surface area contributed by atoms with E-state index in [0.29, 0.717) is 0 Å². The SMILES string of the molecule is CN(C)[PH](=O)N(C)CC(N)=O. The normalized spacial score (nSPS) is 13.9. The third-order valence-electron chi connectivity index (χ3n) is 1.10. The van der Waals surface area contributed by atoms with Gasteiger partial charge in [0.05, 0.1) is 6.54 Å². The van der Waals surface area contributed by atoms with Gasteiger partial charge in [-0.2, -0.15) is 0 Å². The highest BCUT2D eigenvalue weighted by Gasteiger charge is 2.10. The van der Waals surface area contributed by atoms with E-state index in [1.807, 2.05) is 0 Å². The highest BCUT2D eigenvalue weighted by atomic mass is 31.1. The van der Waals surface area contributed by atoms with Gasteiger partial charge >= 0.3 is 0 Å². The fourth-order valence-corrected chi connectivity index (χ4v) is 1.62. The zero-order chi connectivity index (χ0) is 9.02. The van der Waals surface area contributed by atoms with Crippen molar-refractivity contribution in [2.75, 3.05) is 27.7 Å². The lowest BCUT2D eigenvalue weighted by atomic mass is 10.6. The second kappa shape index (κ2) is 4.49. The number of amides is 1. The van der Waals surface area contributed by atoms with Crippen molar-refractivity contribution in [3.63, 3.8) is 0 Å². The maximum atomic E-state index is 11.2. The first-order chi connectivity index (χ1) is 4.95. The summed E-state index contributed by atoms with van der Waals surface area (Å²) in [6.45, 7) is 0.0377. The van der Waals surface area contributed by atoms with Gasteiger partial charge in [0, 0.05) is 0 Å². The molecule has 11 heavy (non-hydrogen) atoms. The van der Waals surface area contributed by atoms with Crippen LogP contribution in [0.1, 0.15) is 0 Å². The maximum Gasteiger partial charge on any atom is 0.232 e. The second-order valence-corrected chi connectivity index (χ2v) is 4.72. The highest BCUT2D eigenvalue weighted by molar-refractivity contribution is 7.39. The average Bonchev–Trinajstić information content (AvgIpc) is 1.84. The molecule has 0 aliphatic heterocycles. The average molecular weight is 179 g/mol. The summed E-state index contributed by atoms with van der Waals surface area (Å²) >= 11 is 0. The van der Waals surface area contributed by atoms with Crippen LogP contribution in [0.25, 0.3) is 0 Å². The second-order valence-electron chi connectivity index (χ2n) is 2.50. The van der Waals surface area contributed by atoms with Crippen LogP contribution in [0.3, 0.4) is 0 Å². The van der Waals surface area contributed by atoms with Gasteiger partial charge in [-0.3, -0.25) is 9.36 Å². The summed E-state index contributed by atoms with van der Waals surface area (Å²) in [6, 6.07) is 0. The Hall–Kier alpha value is -0.380. The summed E-state index contributed by atoms with van der Waals surface area (Å²) in [4.78, 5) is 10.4. The van der Waals surface area contributed by atoms with E-state index in [-0.39, 0.29) is 6.54 Å². The number of likely N-dealkylation sites (N-methyl/N-ethyl adjacent to an activating group) is 1. The fourth-order valence-electron chi connectivity index (χ4n) is 0.643. The van der Waals surface area contributed by atoms with Gasteiger partial charge in [-0.1, -0.05) is 0 Å². The van der Waals surface area contributed by atoms with Crippen molar-refractivity contribution in [3.8, 4) is 0 Å². The van der Waals surface area contributed by atoms with Crippen molar-refractivity contribution in [1.82, 2.24) is 9.34 Å². The molecule has 0 fully saturated rings. The molecular formula is C5H14N3O2P. The van der Waals surface area contributed by atoms with Crippen LogP contribution in [0.4, 0.5) is 0 Å². The van der Waals surface area contributed by atoms with Gasteiger partial charge in [0.15, 0.2) is 0 Å². The molecule has 0 spiro atoms. The first kappa shape index (κ1) is 10.6. The molecule has 0 aromatic carbocycles. The van der Waals surface area contributed by atoms with Gasteiger partial charge in [-0.15, -0.1) is 0 Å². The number of hydrogen-bond donors (Lipinski definition) is 1. The summed E-state index contributed by atoms with van der Waals surface area (Å²) in [5.41, 5.74) is 4.91. The molecule has 0 heterocycles. The minimum Gasteiger partial charge on any atom is -0.369 e. The van der Waals surface area contributed by atoms with Crippen LogP contribution >= 0.6 is 8.10 Å². The molecule has 5 nitrogen and oxygen atoms in total. The molecular weight excluding hydrogens is 165 g/mol. The molecule has 1 unspecified atom stereocenters. The van der Waals surface area contributed by atoms with E-state index in [4.69, 9.17) is 5.73 Å². The molecule has 0 saturated heterocycles. The first-order valence-corrected chi connectivity index (χ1v) is 4.46. The Morgan fingerprint density at radius 2 is 1.91 bits per heavy atom. The topological polar surface area (TPSA) is 66.6 Å². The monoisotopic (exact) mass is 179 g/mol. The molecule has 0 aromatic rings. The number of carbonyl (C=O) groups excluding carboxylic acids is 1. The van der Waals surface area contributed by atoms with Crippen molar-refractivity contribution in [2.45, 2.75) is 0 Å². The standard InChI is InChI=1S/C5H14N3O2P/c1-7(2)11(10)8(3)4-5(6)9/h11H,4H2,1-3H3,(H2,6,9). The van der Waals surface area contributed by atoms with Crippen molar-refractivity contribution in [3.05, 3.63) is 0 Å². The summed E-state index contributed by atoms with van der Waals surface area (Å²) < 4.78 is 14.2. The zero-order valence-electron chi connectivity index (χ0n) is 7.00. The van der Waals surface area contributed by atoms with Crippen molar-refractivity contribution >= 4 is 14.0 Å². The van der Waals surface area contributed by atoms with E-state index in [9.17, 15) is 9.36 Å². The summed E-state index contributed by atoms with van der Waals surface area (Å²) in [5.74, 6) is -0.465. The van der Waals surface area contributed by atoms with Crippen LogP contribution in [0.2, 0.25) is 0 Å². The third kappa shape index (κ3) is 4.14. The van der Waals surface area contributed by atoms with Gasteiger partial charge in [-0.25, -0.2) is 9.34 Å². The predicted molar refractivity (Wildman–Crippen MR) is 44.5 cm³/mol. The van der Waals surface area contributed by atoms with Crippen LogP contribution in [0.5, 0.6) is 0 Å². The van der Waals surface area contributed by atoms with Crippen LogP contribution in [0.15, 0.2) is 0 Å². The van der Waals surface area contributed by atoms with Crippen LogP contribution < -0.4 is 5.73 Å². The Morgan fingerprint density at radius 1 is 1.45 bits per heavy atom. The summed E-state index contributed by atoms with van der Waals surface area (Å²) in [5, 5.41) is 0. The Balaban J connectivity index is 3.93. The fraction of sp³-hybridized carbons (Fsp3) is 0.800. The van der Waals surface area contributed by atoms with Gasteiger partial charge in [-0.05, 0) is 21.1 Å². The molecule has 66 valence electrons. The lowest BCUT2D eigenvalue weighted by Crippen LogP contribution is -2.28. The third-order valence-corrected chi connectivity index (χ3v) is 2.68. The smallest absolute Gasteiger partial charge is 0.232 e. The van der Waals surface area contributed by atoms with Gasteiger partial charge in [0.1, 0.15) is 0 Å². The Kier molecular flexibility index (Phi) is 4.33. The predicted octanol–water partition coefficient (Wildman–Crippen LogP) is -0.645. The van der Waals surface area contributed by atoms with E-state index >= 15 is 0 Å². The van der Waals surface area contributed by atoms with E-state index in [1.54, 1.807) is 25.8 Å². The lowest BCUT2D eigenvalue weighted by molar-refractivity contribution is -0.118. The minimum atomic E-state index is -1.96. The molecule has 0 bridgehead atoms. The summed E-state index contributed by atoms with van der Waals surface area (Å²) in [6.07, 6.45) is 0. The molecule has 1 atom stereocenters. The lowest BCUT2D eigenvalue weighted by Gasteiger charge is -2.18. The number of nitrogens with zero attached hydrogens (tertiary/aromatic N) is 2. The van der Waals surface area contributed by atoms with Gasteiger partial charge < -0.3 is 5.73 Å². The molecule has 2 N–H and O–H groups in total. The first-order valence-electron chi connectivity index (χ1n) is 3.16. The zero-order valence-corrected chi connectivity index (χ0v) is 8.00. The van der Waals surface area contributed by atoms with E-state index < -0.39 is 14.0 Å². The number of rotatable bonds is 4. The minimum absolute atomic E-state index is 0.0377.